The number of urea groups is 1. The molecule has 174 valence electrons. The molecule has 2 aromatic carbocycles. The van der Waals surface area contributed by atoms with Crippen LogP contribution in [-0.4, -0.2) is 32.2 Å². The van der Waals surface area contributed by atoms with Crippen molar-refractivity contribution in [2.24, 2.45) is 0 Å². The maximum Gasteiger partial charge on any atom is 0.418 e. The van der Waals surface area contributed by atoms with Gasteiger partial charge in [0.2, 0.25) is 0 Å². The Morgan fingerprint density at radius 3 is 2.64 bits per heavy atom. The second-order valence-corrected chi connectivity index (χ2v) is 9.14. The lowest BCUT2D eigenvalue weighted by molar-refractivity contribution is -0.137. The van der Waals surface area contributed by atoms with E-state index in [1.165, 1.54) is 17.0 Å². The Morgan fingerprint density at radius 2 is 1.94 bits per heavy atom. The molecule has 2 amide bonds. The number of aromatic nitrogens is 3. The number of rotatable bonds is 4. The number of hydrogen-bond acceptors (Lipinski definition) is 3. The molecule has 33 heavy (non-hydrogen) atoms. The van der Waals surface area contributed by atoms with Gasteiger partial charge in [-0.2, -0.15) is 13.2 Å². The predicted octanol–water partition coefficient (Wildman–Crippen LogP) is 6.44. The summed E-state index contributed by atoms with van der Waals surface area (Å²) in [5, 5.41) is 11.6. The highest BCUT2D eigenvalue weighted by Crippen LogP contribution is 2.38. The van der Waals surface area contributed by atoms with E-state index in [0.717, 1.165) is 11.6 Å². The summed E-state index contributed by atoms with van der Waals surface area (Å²) in [5.41, 5.74) is -0.217. The van der Waals surface area contributed by atoms with Crippen molar-refractivity contribution in [3.8, 4) is 0 Å². The minimum Gasteiger partial charge on any atom is -0.314 e. The van der Waals surface area contributed by atoms with E-state index in [1.54, 1.807) is 12.1 Å². The Bertz CT molecular complexity index is 1170. The predicted molar refractivity (Wildman–Crippen MR) is 122 cm³/mol. The quantitative estimate of drug-likeness (QED) is 0.413. The zero-order valence-corrected chi connectivity index (χ0v) is 19.9. The van der Waals surface area contributed by atoms with E-state index in [0.29, 0.717) is 42.6 Å². The third-order valence-electron chi connectivity index (χ3n) is 5.56. The van der Waals surface area contributed by atoms with Crippen molar-refractivity contribution in [1.29, 1.82) is 0 Å². The van der Waals surface area contributed by atoms with Gasteiger partial charge in [0, 0.05) is 16.0 Å². The number of likely N-dealkylation sites (tertiary alicyclic amines) is 1. The van der Waals surface area contributed by atoms with Gasteiger partial charge in [0.15, 0.2) is 5.82 Å². The van der Waals surface area contributed by atoms with E-state index in [9.17, 15) is 18.0 Å². The van der Waals surface area contributed by atoms with Crippen molar-refractivity contribution in [2.75, 3.05) is 11.9 Å². The summed E-state index contributed by atoms with van der Waals surface area (Å²) >= 11 is 9.03. The van der Waals surface area contributed by atoms with Crippen LogP contribution in [0.4, 0.5) is 23.7 Å². The number of halogens is 5. The summed E-state index contributed by atoms with van der Waals surface area (Å²) in [7, 11) is 0. The number of hydrogen-bond donors (Lipinski definition) is 1. The topological polar surface area (TPSA) is 63.1 Å². The highest BCUT2D eigenvalue weighted by molar-refractivity contribution is 9.10. The molecule has 1 fully saturated rings. The number of carbonyl (C=O) groups is 1. The smallest absolute Gasteiger partial charge is 0.314 e. The molecule has 0 bridgehead atoms. The van der Waals surface area contributed by atoms with Crippen molar-refractivity contribution < 1.29 is 18.0 Å². The molecule has 3 aromatic rings. The zero-order chi connectivity index (χ0) is 23.8. The molecule has 1 aromatic heterocycles. The fourth-order valence-corrected chi connectivity index (χ4v) is 4.42. The molecule has 1 aliphatic rings. The fraction of sp³-hybridized carbons (Fsp3) is 0.318. The highest BCUT2D eigenvalue weighted by atomic mass is 79.9. The Hall–Kier alpha value is -2.59. The number of amides is 2. The molecule has 4 rings (SSSR count). The fourth-order valence-electron chi connectivity index (χ4n) is 3.94. The van der Waals surface area contributed by atoms with Crippen molar-refractivity contribution in [2.45, 2.75) is 38.5 Å². The number of nitrogens with one attached hydrogen (secondary N) is 1. The van der Waals surface area contributed by atoms with Gasteiger partial charge < -0.3 is 14.8 Å². The number of nitrogens with zero attached hydrogens (tertiary/aromatic N) is 4. The minimum atomic E-state index is -4.60. The van der Waals surface area contributed by atoms with Gasteiger partial charge in [-0.25, -0.2) is 4.79 Å². The second kappa shape index (κ2) is 9.34. The normalized spacial score (nSPS) is 16.3. The lowest BCUT2D eigenvalue weighted by atomic mass is 10.1. The standard InChI is InChI=1S/C22H20BrClF3N5O/c1-13-29-30-20(32(13)12-14-4-7-16(24)8-5-14)19-3-2-10-31(19)21(33)28-18-9-6-15(23)11-17(18)22(25,26)27/h4-9,11,19H,2-3,10,12H2,1H3,(H,28,33)/t19-/m1/s1. The van der Waals surface area contributed by atoms with Gasteiger partial charge in [-0.05, 0) is 55.7 Å². The summed E-state index contributed by atoms with van der Waals surface area (Å²) in [5.74, 6) is 1.28. The summed E-state index contributed by atoms with van der Waals surface area (Å²) in [6.45, 7) is 2.71. The number of aryl methyl sites for hydroxylation is 1. The van der Waals surface area contributed by atoms with E-state index in [-0.39, 0.29) is 10.2 Å². The largest absolute Gasteiger partial charge is 0.418 e. The van der Waals surface area contributed by atoms with Gasteiger partial charge in [0.1, 0.15) is 5.82 Å². The first kappa shape index (κ1) is 23.6. The maximum absolute atomic E-state index is 13.5. The van der Waals surface area contributed by atoms with Crippen LogP contribution in [0.5, 0.6) is 0 Å². The Labute approximate surface area is 201 Å². The van der Waals surface area contributed by atoms with Crippen LogP contribution >= 0.6 is 27.5 Å². The van der Waals surface area contributed by atoms with Crippen molar-refractivity contribution in [3.05, 3.63) is 74.7 Å². The van der Waals surface area contributed by atoms with Crippen molar-refractivity contribution in [1.82, 2.24) is 19.7 Å². The first-order chi connectivity index (χ1) is 15.6. The summed E-state index contributed by atoms with van der Waals surface area (Å²) < 4.78 is 42.6. The van der Waals surface area contributed by atoms with Gasteiger partial charge in [0.25, 0.3) is 0 Å². The first-order valence-electron chi connectivity index (χ1n) is 10.2. The first-order valence-corrected chi connectivity index (χ1v) is 11.4. The van der Waals surface area contributed by atoms with Gasteiger partial charge >= 0.3 is 12.2 Å². The van der Waals surface area contributed by atoms with Crippen LogP contribution in [0.15, 0.2) is 46.9 Å². The summed E-state index contributed by atoms with van der Waals surface area (Å²) in [6, 6.07) is 10.0. The van der Waals surface area contributed by atoms with Crippen LogP contribution in [0, 0.1) is 6.92 Å². The van der Waals surface area contributed by atoms with Crippen molar-refractivity contribution >= 4 is 39.2 Å². The summed E-state index contributed by atoms with van der Waals surface area (Å²) in [6.07, 6.45) is -3.26. The SMILES string of the molecule is Cc1nnc([C@H]2CCCN2C(=O)Nc2ccc(Br)cc2C(F)(F)F)n1Cc1ccc(Cl)cc1. The molecule has 0 spiro atoms. The van der Waals surface area contributed by atoms with Crippen LogP contribution in [0.2, 0.25) is 5.02 Å². The van der Waals surface area contributed by atoms with E-state index >= 15 is 0 Å². The third kappa shape index (κ3) is 5.16. The molecule has 1 atom stereocenters. The number of carbonyl (C=O) groups excluding carboxylic acids is 1. The average molecular weight is 543 g/mol. The molecule has 2 heterocycles. The average Bonchev–Trinajstić information content (AvgIpc) is 3.37. The maximum atomic E-state index is 13.5. The van der Waals surface area contributed by atoms with Gasteiger partial charge in [0.05, 0.1) is 23.8 Å². The van der Waals surface area contributed by atoms with Crippen LogP contribution in [-0.2, 0) is 12.7 Å². The monoisotopic (exact) mass is 541 g/mol. The second-order valence-electron chi connectivity index (χ2n) is 7.79. The third-order valence-corrected chi connectivity index (χ3v) is 6.30. The molecule has 1 N–H and O–H groups in total. The number of benzene rings is 2. The Kier molecular flexibility index (Phi) is 6.67. The molecular weight excluding hydrogens is 523 g/mol. The minimum absolute atomic E-state index is 0.276. The van der Waals surface area contributed by atoms with E-state index in [2.05, 4.69) is 31.4 Å². The molecule has 11 heteroatoms. The van der Waals surface area contributed by atoms with Crippen LogP contribution < -0.4 is 5.32 Å². The molecule has 0 unspecified atom stereocenters. The van der Waals surface area contributed by atoms with Crippen LogP contribution in [0.3, 0.4) is 0 Å². The van der Waals surface area contributed by atoms with E-state index in [4.69, 9.17) is 11.6 Å². The Balaban J connectivity index is 1.58. The van der Waals surface area contributed by atoms with E-state index in [1.807, 2.05) is 23.6 Å². The molecule has 0 saturated carbocycles. The Morgan fingerprint density at radius 1 is 1.21 bits per heavy atom. The molecule has 0 aliphatic carbocycles. The lowest BCUT2D eigenvalue weighted by Gasteiger charge is -2.26. The van der Waals surface area contributed by atoms with Gasteiger partial charge in [-0.15, -0.1) is 10.2 Å². The highest BCUT2D eigenvalue weighted by Gasteiger charge is 2.37. The van der Waals surface area contributed by atoms with E-state index < -0.39 is 23.8 Å². The van der Waals surface area contributed by atoms with Crippen molar-refractivity contribution in [3.63, 3.8) is 0 Å². The molecular formula is C22H20BrClF3N5O. The summed E-state index contributed by atoms with van der Waals surface area (Å²) in [4.78, 5) is 14.6. The van der Waals surface area contributed by atoms with Gasteiger partial charge in [-0.1, -0.05) is 39.7 Å². The van der Waals surface area contributed by atoms with Crippen LogP contribution in [0.25, 0.3) is 0 Å². The molecule has 1 aliphatic heterocycles. The number of alkyl halides is 3. The molecule has 0 radical (unpaired) electrons. The lowest BCUT2D eigenvalue weighted by Crippen LogP contribution is -2.36. The zero-order valence-electron chi connectivity index (χ0n) is 17.5. The molecule has 6 nitrogen and oxygen atoms in total. The van der Waals surface area contributed by atoms with Crippen LogP contribution in [0.1, 0.15) is 41.7 Å². The number of anilines is 1. The van der Waals surface area contributed by atoms with Gasteiger partial charge in [-0.3, -0.25) is 0 Å². The molecule has 1 saturated heterocycles.